The summed E-state index contributed by atoms with van der Waals surface area (Å²) in [5.41, 5.74) is 2.68. The van der Waals surface area contributed by atoms with Gasteiger partial charge in [0.1, 0.15) is 11.9 Å². The summed E-state index contributed by atoms with van der Waals surface area (Å²) in [5, 5.41) is 3.34. The van der Waals surface area contributed by atoms with E-state index in [2.05, 4.69) is 17.4 Å². The van der Waals surface area contributed by atoms with Crippen molar-refractivity contribution >= 4 is 9.84 Å². The number of ether oxygens (including phenoxy) is 1. The molecule has 1 aromatic carbocycles. The highest BCUT2D eigenvalue weighted by atomic mass is 32.2. The van der Waals surface area contributed by atoms with Gasteiger partial charge in [0.15, 0.2) is 9.84 Å². The van der Waals surface area contributed by atoms with E-state index in [9.17, 15) is 8.42 Å². The lowest BCUT2D eigenvalue weighted by Crippen LogP contribution is -2.22. The minimum absolute atomic E-state index is 0.156. The van der Waals surface area contributed by atoms with Crippen LogP contribution in [0.2, 0.25) is 0 Å². The number of nitrogens with one attached hydrogen (secondary N) is 1. The largest absolute Gasteiger partial charge is 0.489 e. The third kappa shape index (κ3) is 2.83. The van der Waals surface area contributed by atoms with Gasteiger partial charge < -0.3 is 10.1 Å². The van der Waals surface area contributed by atoms with Crippen LogP contribution in [0.15, 0.2) is 18.2 Å². The number of fused-ring (bicyclic) bond motifs is 1. The Hall–Kier alpha value is -1.07. The lowest BCUT2D eigenvalue weighted by Gasteiger charge is -2.26. The third-order valence-electron chi connectivity index (χ3n) is 4.27. The zero-order valence-corrected chi connectivity index (χ0v) is 12.6. The summed E-state index contributed by atoms with van der Waals surface area (Å²) < 4.78 is 28.8. The molecule has 0 bridgehead atoms. The predicted molar refractivity (Wildman–Crippen MR) is 78.9 cm³/mol. The van der Waals surface area contributed by atoms with Gasteiger partial charge in [-0.05, 0) is 56.0 Å². The van der Waals surface area contributed by atoms with Crippen molar-refractivity contribution in [2.45, 2.75) is 37.8 Å². The highest BCUT2D eigenvalue weighted by molar-refractivity contribution is 7.91. The van der Waals surface area contributed by atoms with Gasteiger partial charge in [-0.15, -0.1) is 0 Å². The molecule has 2 unspecified atom stereocenters. The van der Waals surface area contributed by atoms with Crippen LogP contribution in [0.25, 0.3) is 0 Å². The second-order valence-electron chi connectivity index (χ2n) is 5.74. The van der Waals surface area contributed by atoms with Crippen molar-refractivity contribution in [1.82, 2.24) is 5.32 Å². The van der Waals surface area contributed by atoms with Gasteiger partial charge in [-0.25, -0.2) is 8.42 Å². The fraction of sp³-hybridized carbons (Fsp3) is 0.600. The lowest BCUT2D eigenvalue weighted by atomic mass is 9.87. The zero-order valence-electron chi connectivity index (χ0n) is 11.8. The van der Waals surface area contributed by atoms with Crippen LogP contribution in [0.5, 0.6) is 5.75 Å². The minimum atomic E-state index is -2.88. The molecule has 0 amide bonds. The minimum Gasteiger partial charge on any atom is -0.489 e. The predicted octanol–water partition coefficient (Wildman–Crippen LogP) is 1.85. The Kier molecular flexibility index (Phi) is 3.73. The van der Waals surface area contributed by atoms with Crippen molar-refractivity contribution < 1.29 is 13.2 Å². The van der Waals surface area contributed by atoms with Crippen LogP contribution in [0.4, 0.5) is 0 Å². The smallest absolute Gasteiger partial charge is 0.154 e. The van der Waals surface area contributed by atoms with E-state index in [1.807, 2.05) is 13.1 Å². The summed E-state index contributed by atoms with van der Waals surface area (Å²) in [5.74, 6) is 1.22. The molecule has 20 heavy (non-hydrogen) atoms. The summed E-state index contributed by atoms with van der Waals surface area (Å²) in [7, 11) is -0.887. The number of hydrogen-bond donors (Lipinski definition) is 1. The SMILES string of the molecule is CNC1CCCc2cc(OC3CCS(=O)(=O)C3)ccc21. The van der Waals surface area contributed by atoms with Crippen molar-refractivity contribution in [3.05, 3.63) is 29.3 Å². The Morgan fingerprint density at radius 1 is 1.30 bits per heavy atom. The first-order valence-corrected chi connectivity index (χ1v) is 9.07. The van der Waals surface area contributed by atoms with Crippen molar-refractivity contribution in [1.29, 1.82) is 0 Å². The first-order valence-electron chi connectivity index (χ1n) is 7.24. The number of benzene rings is 1. The van der Waals surface area contributed by atoms with E-state index in [0.29, 0.717) is 12.5 Å². The van der Waals surface area contributed by atoms with E-state index in [0.717, 1.165) is 12.2 Å². The van der Waals surface area contributed by atoms with Crippen LogP contribution in [0.3, 0.4) is 0 Å². The van der Waals surface area contributed by atoms with Crippen molar-refractivity contribution in [3.8, 4) is 5.75 Å². The molecule has 2 aliphatic rings. The second kappa shape index (κ2) is 5.37. The van der Waals surface area contributed by atoms with Gasteiger partial charge >= 0.3 is 0 Å². The van der Waals surface area contributed by atoms with Gasteiger partial charge in [-0.1, -0.05) is 6.07 Å². The molecule has 0 saturated carbocycles. The zero-order chi connectivity index (χ0) is 14.2. The molecule has 2 atom stereocenters. The quantitative estimate of drug-likeness (QED) is 0.924. The van der Waals surface area contributed by atoms with E-state index < -0.39 is 9.84 Å². The molecule has 1 aromatic rings. The molecule has 4 nitrogen and oxygen atoms in total. The Balaban J connectivity index is 1.76. The maximum absolute atomic E-state index is 11.5. The van der Waals surface area contributed by atoms with Crippen LogP contribution < -0.4 is 10.1 Å². The topological polar surface area (TPSA) is 55.4 Å². The van der Waals surface area contributed by atoms with Crippen LogP contribution in [-0.4, -0.2) is 33.1 Å². The van der Waals surface area contributed by atoms with Crippen LogP contribution >= 0.6 is 0 Å². The van der Waals surface area contributed by atoms with E-state index in [-0.39, 0.29) is 17.6 Å². The molecule has 1 aliphatic heterocycles. The highest BCUT2D eigenvalue weighted by Crippen LogP contribution is 2.32. The van der Waals surface area contributed by atoms with Gasteiger partial charge in [-0.3, -0.25) is 0 Å². The van der Waals surface area contributed by atoms with Gasteiger partial charge in [-0.2, -0.15) is 0 Å². The molecule has 1 aliphatic carbocycles. The molecular formula is C15H21NO3S. The Bertz CT molecular complexity index is 597. The molecule has 0 radical (unpaired) electrons. The standard InChI is InChI=1S/C15H21NO3S/c1-16-15-4-2-3-11-9-12(5-6-14(11)15)19-13-7-8-20(17,18)10-13/h5-6,9,13,15-16H,2-4,7-8,10H2,1H3. The molecule has 1 heterocycles. The van der Waals surface area contributed by atoms with Crippen molar-refractivity contribution in [3.63, 3.8) is 0 Å². The van der Waals surface area contributed by atoms with E-state index >= 15 is 0 Å². The van der Waals surface area contributed by atoms with E-state index in [1.165, 1.54) is 24.0 Å². The van der Waals surface area contributed by atoms with Gasteiger partial charge in [0, 0.05) is 6.04 Å². The fourth-order valence-corrected chi connectivity index (χ4v) is 4.80. The van der Waals surface area contributed by atoms with E-state index in [1.54, 1.807) is 0 Å². The second-order valence-corrected chi connectivity index (χ2v) is 7.97. The normalized spacial score (nSPS) is 28.1. The van der Waals surface area contributed by atoms with Crippen LogP contribution in [0.1, 0.15) is 36.4 Å². The summed E-state index contributed by atoms with van der Waals surface area (Å²) in [4.78, 5) is 0. The number of aryl methyl sites for hydroxylation is 1. The van der Waals surface area contributed by atoms with Crippen molar-refractivity contribution in [2.75, 3.05) is 18.6 Å². The summed E-state index contributed by atoms with van der Waals surface area (Å²) in [6, 6.07) is 6.61. The maximum Gasteiger partial charge on any atom is 0.154 e. The van der Waals surface area contributed by atoms with E-state index in [4.69, 9.17) is 4.74 Å². The van der Waals surface area contributed by atoms with Gasteiger partial charge in [0.25, 0.3) is 0 Å². The Morgan fingerprint density at radius 3 is 2.85 bits per heavy atom. The van der Waals surface area contributed by atoms with Crippen LogP contribution in [0, 0.1) is 0 Å². The molecule has 1 saturated heterocycles. The number of rotatable bonds is 3. The molecule has 5 heteroatoms. The Morgan fingerprint density at radius 2 is 2.15 bits per heavy atom. The van der Waals surface area contributed by atoms with Gasteiger partial charge in [0.2, 0.25) is 0 Å². The summed E-state index contributed by atoms with van der Waals surface area (Å²) in [6.45, 7) is 0. The molecule has 0 aromatic heterocycles. The monoisotopic (exact) mass is 295 g/mol. The first kappa shape index (κ1) is 13.9. The summed E-state index contributed by atoms with van der Waals surface area (Å²) in [6.07, 6.45) is 3.86. The molecule has 110 valence electrons. The molecule has 0 spiro atoms. The molecular weight excluding hydrogens is 274 g/mol. The fourth-order valence-electron chi connectivity index (χ4n) is 3.21. The molecule has 1 fully saturated rings. The molecule has 1 N–H and O–H groups in total. The lowest BCUT2D eigenvalue weighted by molar-refractivity contribution is 0.228. The average molecular weight is 295 g/mol. The first-order chi connectivity index (χ1) is 9.57. The number of hydrogen-bond acceptors (Lipinski definition) is 4. The maximum atomic E-state index is 11.5. The number of sulfone groups is 1. The van der Waals surface area contributed by atoms with Crippen LogP contribution in [-0.2, 0) is 16.3 Å². The van der Waals surface area contributed by atoms with Gasteiger partial charge in [0.05, 0.1) is 11.5 Å². The average Bonchev–Trinajstić information content (AvgIpc) is 2.77. The van der Waals surface area contributed by atoms with Crippen molar-refractivity contribution in [2.24, 2.45) is 0 Å². The Labute approximate surface area is 120 Å². The molecule has 3 rings (SSSR count). The third-order valence-corrected chi connectivity index (χ3v) is 6.01. The highest BCUT2D eigenvalue weighted by Gasteiger charge is 2.29. The summed E-state index contributed by atoms with van der Waals surface area (Å²) >= 11 is 0.